The fraction of sp³-hybridized carbons (Fsp3) is 0. The van der Waals surface area contributed by atoms with Crippen molar-refractivity contribution in [1.82, 2.24) is 9.38 Å². The number of hydrogen-bond donors (Lipinski definition) is 2. The van der Waals surface area contributed by atoms with Crippen molar-refractivity contribution in [3.8, 4) is 0 Å². The summed E-state index contributed by atoms with van der Waals surface area (Å²) >= 11 is 0. The number of benzene rings is 2. The number of hydrogen-bond acceptors (Lipinski definition) is 2. The molecule has 4 aromatic rings. The summed E-state index contributed by atoms with van der Waals surface area (Å²) in [7, 11) is 0. The molecule has 0 unspecified atom stereocenters. The molecule has 0 saturated carbocycles. The number of nitrogens with zero attached hydrogens (tertiary/aromatic N) is 1. The predicted molar refractivity (Wildman–Crippen MR) is 89.9 cm³/mol. The van der Waals surface area contributed by atoms with Crippen LogP contribution in [0.1, 0.15) is 10.5 Å². The minimum absolute atomic E-state index is 0.243. The Bertz CT molecular complexity index is 1090. The lowest BCUT2D eigenvalue weighted by Gasteiger charge is -2.06. The molecule has 0 aliphatic carbocycles. The molecule has 0 radical (unpaired) electrons. The first-order chi connectivity index (χ1) is 11.2. The molecule has 0 aliphatic heterocycles. The first-order valence-electron chi connectivity index (χ1n) is 7.22. The van der Waals surface area contributed by atoms with Crippen LogP contribution < -0.4 is 10.9 Å². The molecule has 23 heavy (non-hydrogen) atoms. The van der Waals surface area contributed by atoms with Crippen molar-refractivity contribution in [2.45, 2.75) is 0 Å². The molecule has 0 aliphatic rings. The number of pyridine rings is 1. The number of rotatable bonds is 2. The minimum Gasteiger partial charge on any atom is -0.345 e. The summed E-state index contributed by atoms with van der Waals surface area (Å²) in [4.78, 5) is 27.4. The van der Waals surface area contributed by atoms with E-state index in [9.17, 15) is 9.59 Å². The van der Waals surface area contributed by atoms with E-state index in [2.05, 4.69) is 10.3 Å². The van der Waals surface area contributed by atoms with Crippen molar-refractivity contribution in [3.05, 3.63) is 82.9 Å². The fourth-order valence-corrected chi connectivity index (χ4v) is 2.69. The Balaban J connectivity index is 1.72. The highest BCUT2D eigenvalue weighted by atomic mass is 16.2. The van der Waals surface area contributed by atoms with E-state index in [4.69, 9.17) is 0 Å². The molecule has 0 spiro atoms. The van der Waals surface area contributed by atoms with Gasteiger partial charge in [-0.3, -0.25) is 14.0 Å². The zero-order chi connectivity index (χ0) is 15.8. The summed E-state index contributed by atoms with van der Waals surface area (Å²) in [5, 5.41) is 4.99. The van der Waals surface area contributed by atoms with Crippen LogP contribution in [0.25, 0.3) is 16.4 Å². The number of carbonyl (C=O) groups is 1. The Labute approximate surface area is 131 Å². The second-order valence-corrected chi connectivity index (χ2v) is 5.27. The molecular formula is C18H13N3O2. The van der Waals surface area contributed by atoms with Crippen LogP contribution >= 0.6 is 0 Å². The van der Waals surface area contributed by atoms with Crippen LogP contribution in [0.2, 0.25) is 0 Å². The Kier molecular flexibility index (Phi) is 2.98. The smallest absolute Gasteiger partial charge is 0.274 e. The van der Waals surface area contributed by atoms with Gasteiger partial charge in [0.2, 0.25) is 0 Å². The maximum atomic E-state index is 12.5. The lowest BCUT2D eigenvalue weighted by molar-refractivity contribution is 0.102. The molecule has 2 aromatic carbocycles. The molecule has 4 rings (SSSR count). The van der Waals surface area contributed by atoms with Crippen molar-refractivity contribution < 1.29 is 4.79 Å². The highest BCUT2D eigenvalue weighted by Gasteiger charge is 2.13. The number of carbonyl (C=O) groups excluding carboxylic acids is 1. The quantitative estimate of drug-likeness (QED) is 0.598. The number of nitrogens with one attached hydrogen (secondary N) is 2. The minimum atomic E-state index is -0.333. The van der Waals surface area contributed by atoms with Gasteiger partial charge >= 0.3 is 0 Å². The van der Waals surface area contributed by atoms with E-state index < -0.39 is 0 Å². The molecule has 0 atom stereocenters. The Morgan fingerprint density at radius 2 is 1.78 bits per heavy atom. The van der Waals surface area contributed by atoms with Crippen molar-refractivity contribution in [2.75, 3.05) is 5.32 Å². The molecule has 0 bridgehead atoms. The number of H-pyrrole nitrogens is 1. The summed E-state index contributed by atoms with van der Waals surface area (Å²) < 4.78 is 1.36. The SMILES string of the molecule is O=C(Nc1ccc2ccccc2c1)c1c[nH]c2cccc(=O)n12. The van der Waals surface area contributed by atoms with Gasteiger partial charge in [-0.15, -0.1) is 0 Å². The Morgan fingerprint density at radius 1 is 0.957 bits per heavy atom. The lowest BCUT2D eigenvalue weighted by Crippen LogP contribution is -2.20. The maximum Gasteiger partial charge on any atom is 0.274 e. The summed E-state index contributed by atoms with van der Waals surface area (Å²) in [5.41, 5.74) is 1.30. The fourth-order valence-electron chi connectivity index (χ4n) is 2.69. The molecule has 5 nitrogen and oxygen atoms in total. The van der Waals surface area contributed by atoms with Gasteiger partial charge in [0.15, 0.2) is 0 Å². The lowest BCUT2D eigenvalue weighted by atomic mass is 10.1. The third kappa shape index (κ3) is 2.28. The summed E-state index contributed by atoms with van der Waals surface area (Å²) in [6.45, 7) is 0. The maximum absolute atomic E-state index is 12.5. The van der Waals surface area contributed by atoms with Crippen LogP contribution in [-0.2, 0) is 0 Å². The van der Waals surface area contributed by atoms with Gasteiger partial charge in [-0.1, -0.05) is 36.4 Å². The van der Waals surface area contributed by atoms with Crippen molar-refractivity contribution in [2.24, 2.45) is 0 Å². The third-order valence-corrected chi connectivity index (χ3v) is 3.79. The van der Waals surface area contributed by atoms with Gasteiger partial charge in [0.1, 0.15) is 11.3 Å². The second kappa shape index (κ2) is 5.14. The van der Waals surface area contributed by atoms with Crippen molar-refractivity contribution in [1.29, 1.82) is 0 Å². The summed E-state index contributed by atoms with van der Waals surface area (Å²) in [5.74, 6) is -0.333. The van der Waals surface area contributed by atoms with Crippen molar-refractivity contribution in [3.63, 3.8) is 0 Å². The Hall–Kier alpha value is -3.34. The van der Waals surface area contributed by atoms with Crippen LogP contribution in [0, 0.1) is 0 Å². The molecule has 112 valence electrons. The first kappa shape index (κ1) is 13.3. The van der Waals surface area contributed by atoms with Crippen LogP contribution in [0.15, 0.2) is 71.7 Å². The molecule has 1 amide bonds. The van der Waals surface area contributed by atoms with Crippen LogP contribution in [-0.4, -0.2) is 15.3 Å². The van der Waals surface area contributed by atoms with Crippen LogP contribution in [0.4, 0.5) is 5.69 Å². The van der Waals surface area contributed by atoms with Gasteiger partial charge in [-0.05, 0) is 29.0 Å². The van der Waals surface area contributed by atoms with Gasteiger partial charge < -0.3 is 10.3 Å². The highest BCUT2D eigenvalue weighted by molar-refractivity contribution is 6.04. The molecule has 2 heterocycles. The monoisotopic (exact) mass is 303 g/mol. The number of aromatic nitrogens is 2. The van der Waals surface area contributed by atoms with Crippen LogP contribution in [0.5, 0.6) is 0 Å². The molecule has 2 aromatic heterocycles. The number of anilines is 1. The molecular weight excluding hydrogens is 290 g/mol. The van der Waals surface area contributed by atoms with Crippen molar-refractivity contribution >= 4 is 28.0 Å². The number of fused-ring (bicyclic) bond motifs is 2. The van der Waals surface area contributed by atoms with E-state index in [1.165, 1.54) is 16.7 Å². The van der Waals surface area contributed by atoms with E-state index in [0.717, 1.165) is 10.8 Å². The van der Waals surface area contributed by atoms with E-state index in [0.29, 0.717) is 11.3 Å². The molecule has 2 N–H and O–H groups in total. The molecule has 0 saturated heterocycles. The number of aromatic amines is 1. The van der Waals surface area contributed by atoms with E-state index >= 15 is 0 Å². The Morgan fingerprint density at radius 3 is 2.65 bits per heavy atom. The van der Waals surface area contributed by atoms with Gasteiger partial charge in [0.05, 0.1) is 0 Å². The summed E-state index contributed by atoms with van der Waals surface area (Å²) in [6.07, 6.45) is 1.53. The van der Waals surface area contributed by atoms with Gasteiger partial charge in [0, 0.05) is 18.0 Å². The number of amides is 1. The third-order valence-electron chi connectivity index (χ3n) is 3.79. The van der Waals surface area contributed by atoms with Gasteiger partial charge in [0.25, 0.3) is 11.5 Å². The topological polar surface area (TPSA) is 66.4 Å². The standard InChI is InChI=1S/C18H13N3O2/c22-17-7-3-6-16-19-11-15(21(16)17)18(23)20-14-9-8-12-4-1-2-5-13(12)10-14/h1-11,19H,(H,20,23). The molecule has 0 fully saturated rings. The van der Waals surface area contributed by atoms with E-state index in [1.807, 2.05) is 42.5 Å². The first-order valence-corrected chi connectivity index (χ1v) is 7.22. The van der Waals surface area contributed by atoms with E-state index in [1.54, 1.807) is 12.1 Å². The summed E-state index contributed by atoms with van der Waals surface area (Å²) in [6, 6.07) is 18.4. The molecule has 5 heteroatoms. The van der Waals surface area contributed by atoms with Crippen LogP contribution in [0.3, 0.4) is 0 Å². The average Bonchev–Trinajstić information content (AvgIpc) is 3.00. The zero-order valence-corrected chi connectivity index (χ0v) is 12.1. The second-order valence-electron chi connectivity index (χ2n) is 5.27. The van der Waals surface area contributed by atoms with Gasteiger partial charge in [-0.2, -0.15) is 0 Å². The normalized spacial score (nSPS) is 11.0. The highest BCUT2D eigenvalue weighted by Crippen LogP contribution is 2.19. The predicted octanol–water partition coefficient (Wildman–Crippen LogP) is 3.03. The number of imidazole rings is 1. The zero-order valence-electron chi connectivity index (χ0n) is 12.1. The average molecular weight is 303 g/mol. The largest absolute Gasteiger partial charge is 0.345 e. The van der Waals surface area contributed by atoms with Gasteiger partial charge in [-0.25, -0.2) is 0 Å². The van der Waals surface area contributed by atoms with E-state index in [-0.39, 0.29) is 17.2 Å².